The van der Waals surface area contributed by atoms with E-state index in [2.05, 4.69) is 15.0 Å². The standard InChI is InChI=1S/C27H17Cl2FN4O4/c28-18-6-16(7-21(9-18)38-14-15-3-4-19(30)10-24(15)29)22-8-17(23-12-32-27(37)33-25(23)35)13-34(26(22)36)20-2-1-5-31-11-20/h1-13H,14H2,(H2,32,33,35,37). The van der Waals surface area contributed by atoms with Gasteiger partial charge in [0.15, 0.2) is 0 Å². The predicted octanol–water partition coefficient (Wildman–Crippen LogP) is 4.97. The van der Waals surface area contributed by atoms with E-state index in [0.717, 1.165) is 0 Å². The lowest BCUT2D eigenvalue weighted by atomic mass is 10.0. The largest absolute Gasteiger partial charge is 0.489 e. The number of nitrogens with zero attached hydrogens (tertiary/aromatic N) is 2. The number of benzene rings is 2. The van der Waals surface area contributed by atoms with Gasteiger partial charge in [-0.2, -0.15) is 0 Å². The second kappa shape index (κ2) is 10.5. The number of pyridine rings is 2. The van der Waals surface area contributed by atoms with Crippen LogP contribution in [-0.2, 0) is 6.61 Å². The molecule has 0 bridgehead atoms. The highest BCUT2D eigenvalue weighted by Gasteiger charge is 2.16. The first kappa shape index (κ1) is 25.2. The lowest BCUT2D eigenvalue weighted by Gasteiger charge is -2.14. The maximum atomic E-state index is 13.6. The van der Waals surface area contributed by atoms with Crippen LogP contribution in [0.25, 0.3) is 27.9 Å². The lowest BCUT2D eigenvalue weighted by Crippen LogP contribution is -2.24. The summed E-state index contributed by atoms with van der Waals surface area (Å²) in [6.45, 7) is 0.0333. The minimum atomic E-state index is -0.655. The number of hydrogen-bond acceptors (Lipinski definition) is 5. The molecule has 190 valence electrons. The molecule has 0 amide bonds. The second-order valence-corrected chi connectivity index (χ2v) is 9.06. The van der Waals surface area contributed by atoms with Crippen molar-refractivity contribution in [3.05, 3.63) is 132 Å². The first-order chi connectivity index (χ1) is 18.3. The Balaban J connectivity index is 1.63. The molecule has 5 aromatic rings. The summed E-state index contributed by atoms with van der Waals surface area (Å²) in [4.78, 5) is 46.4. The van der Waals surface area contributed by atoms with Gasteiger partial charge < -0.3 is 9.72 Å². The number of hydrogen-bond donors (Lipinski definition) is 2. The van der Waals surface area contributed by atoms with Crippen LogP contribution >= 0.6 is 23.2 Å². The average molecular weight is 551 g/mol. The van der Waals surface area contributed by atoms with Crippen LogP contribution in [0, 0.1) is 5.82 Å². The summed E-state index contributed by atoms with van der Waals surface area (Å²) in [5.41, 5.74) is 0.484. The number of halogens is 3. The average Bonchev–Trinajstić information content (AvgIpc) is 2.89. The fraction of sp³-hybridized carbons (Fsp3) is 0.0370. The highest BCUT2D eigenvalue weighted by Crippen LogP contribution is 2.30. The van der Waals surface area contributed by atoms with E-state index in [0.29, 0.717) is 33.1 Å². The van der Waals surface area contributed by atoms with Crippen LogP contribution in [0.3, 0.4) is 0 Å². The van der Waals surface area contributed by atoms with Crippen LogP contribution < -0.4 is 21.5 Å². The van der Waals surface area contributed by atoms with Crippen molar-refractivity contribution in [2.75, 3.05) is 0 Å². The molecule has 38 heavy (non-hydrogen) atoms. The Morgan fingerprint density at radius 1 is 0.974 bits per heavy atom. The molecule has 0 fully saturated rings. The number of aromatic nitrogens is 4. The third-order valence-corrected chi connectivity index (χ3v) is 6.23. The molecular formula is C27H17Cl2FN4O4. The van der Waals surface area contributed by atoms with Crippen molar-refractivity contribution in [1.29, 1.82) is 0 Å². The Hall–Kier alpha value is -4.47. The molecule has 0 atom stereocenters. The van der Waals surface area contributed by atoms with Crippen molar-refractivity contribution in [2.24, 2.45) is 0 Å². The van der Waals surface area contributed by atoms with Gasteiger partial charge in [0, 0.05) is 40.3 Å². The van der Waals surface area contributed by atoms with Crippen molar-refractivity contribution in [2.45, 2.75) is 6.61 Å². The second-order valence-electron chi connectivity index (χ2n) is 8.21. The highest BCUT2D eigenvalue weighted by atomic mass is 35.5. The first-order valence-corrected chi connectivity index (χ1v) is 11.9. The Morgan fingerprint density at radius 2 is 1.82 bits per heavy atom. The van der Waals surface area contributed by atoms with Gasteiger partial charge >= 0.3 is 5.69 Å². The molecular weight excluding hydrogens is 534 g/mol. The van der Waals surface area contributed by atoms with Gasteiger partial charge in [-0.05, 0) is 54.1 Å². The van der Waals surface area contributed by atoms with E-state index in [4.69, 9.17) is 27.9 Å². The molecule has 0 saturated carbocycles. The Labute approximate surface area is 223 Å². The quantitative estimate of drug-likeness (QED) is 0.310. The summed E-state index contributed by atoms with van der Waals surface area (Å²) in [6, 6.07) is 13.7. The molecule has 8 nitrogen and oxygen atoms in total. The van der Waals surface area contributed by atoms with E-state index in [1.807, 2.05) is 0 Å². The van der Waals surface area contributed by atoms with Gasteiger partial charge in [0.2, 0.25) is 0 Å². The maximum Gasteiger partial charge on any atom is 0.325 e. The molecule has 0 unspecified atom stereocenters. The van der Waals surface area contributed by atoms with Crippen molar-refractivity contribution in [1.82, 2.24) is 19.5 Å². The Kier molecular flexibility index (Phi) is 6.95. The molecule has 11 heteroatoms. The number of aromatic amines is 2. The molecule has 5 rings (SSSR count). The maximum absolute atomic E-state index is 13.6. The minimum Gasteiger partial charge on any atom is -0.489 e. The molecule has 2 aromatic carbocycles. The van der Waals surface area contributed by atoms with E-state index in [9.17, 15) is 18.8 Å². The SMILES string of the molecule is O=c1[nH]cc(-c2cc(-c3cc(Cl)cc(OCc4ccc(F)cc4Cl)c3)c(=O)n(-c3cccnc3)c2)c(=O)[nH]1. The molecule has 3 aromatic heterocycles. The number of rotatable bonds is 6. The molecule has 3 heterocycles. The molecule has 2 N–H and O–H groups in total. The van der Waals surface area contributed by atoms with Crippen molar-refractivity contribution in [3.8, 4) is 33.7 Å². The summed E-state index contributed by atoms with van der Waals surface area (Å²) < 4.78 is 20.6. The molecule has 0 aliphatic heterocycles. The van der Waals surface area contributed by atoms with Crippen LogP contribution in [0.4, 0.5) is 4.39 Å². The minimum absolute atomic E-state index is 0.0333. The van der Waals surface area contributed by atoms with Gasteiger partial charge in [0.25, 0.3) is 11.1 Å². The van der Waals surface area contributed by atoms with E-state index in [1.165, 1.54) is 47.4 Å². The number of nitrogens with one attached hydrogen (secondary N) is 2. The Morgan fingerprint density at radius 3 is 2.55 bits per heavy atom. The topological polar surface area (TPSA) is 110 Å². The van der Waals surface area contributed by atoms with Gasteiger partial charge in [-0.3, -0.25) is 24.1 Å². The normalized spacial score (nSPS) is 10.9. The zero-order valence-electron chi connectivity index (χ0n) is 19.4. The van der Waals surface area contributed by atoms with E-state index < -0.39 is 22.6 Å². The number of ether oxygens (including phenoxy) is 1. The van der Waals surface area contributed by atoms with Gasteiger partial charge in [0.05, 0.1) is 22.5 Å². The van der Waals surface area contributed by atoms with Crippen molar-refractivity contribution in [3.63, 3.8) is 0 Å². The van der Waals surface area contributed by atoms with Crippen LogP contribution in [0.1, 0.15) is 5.56 Å². The van der Waals surface area contributed by atoms with Crippen molar-refractivity contribution < 1.29 is 9.13 Å². The molecule has 0 radical (unpaired) electrons. The molecule has 0 aliphatic carbocycles. The number of H-pyrrole nitrogens is 2. The first-order valence-electron chi connectivity index (χ1n) is 11.2. The van der Waals surface area contributed by atoms with Crippen LogP contribution in [0.2, 0.25) is 10.0 Å². The molecule has 0 spiro atoms. The van der Waals surface area contributed by atoms with Crippen molar-refractivity contribution >= 4 is 23.2 Å². The third-order valence-electron chi connectivity index (χ3n) is 5.66. The molecule has 0 aliphatic rings. The van der Waals surface area contributed by atoms with Gasteiger partial charge in [-0.25, -0.2) is 9.18 Å². The van der Waals surface area contributed by atoms with Gasteiger partial charge in [0.1, 0.15) is 18.2 Å². The summed E-state index contributed by atoms with van der Waals surface area (Å²) in [6.07, 6.45) is 5.84. The lowest BCUT2D eigenvalue weighted by molar-refractivity contribution is 0.306. The van der Waals surface area contributed by atoms with Crippen LogP contribution in [-0.4, -0.2) is 19.5 Å². The zero-order chi connectivity index (χ0) is 26.8. The summed E-state index contributed by atoms with van der Waals surface area (Å²) in [5.74, 6) is -0.123. The van der Waals surface area contributed by atoms with Crippen LogP contribution in [0.5, 0.6) is 5.75 Å². The monoisotopic (exact) mass is 550 g/mol. The van der Waals surface area contributed by atoms with Gasteiger partial charge in [-0.1, -0.05) is 29.3 Å². The fourth-order valence-electron chi connectivity index (χ4n) is 3.85. The van der Waals surface area contributed by atoms with Crippen LogP contribution in [0.15, 0.2) is 93.8 Å². The van der Waals surface area contributed by atoms with Gasteiger partial charge in [-0.15, -0.1) is 0 Å². The third kappa shape index (κ3) is 5.29. The zero-order valence-corrected chi connectivity index (χ0v) is 20.9. The fourth-order valence-corrected chi connectivity index (χ4v) is 4.30. The predicted molar refractivity (Wildman–Crippen MR) is 143 cm³/mol. The molecule has 0 saturated heterocycles. The summed E-state index contributed by atoms with van der Waals surface area (Å²) in [5, 5.41) is 0.507. The summed E-state index contributed by atoms with van der Waals surface area (Å²) in [7, 11) is 0. The van der Waals surface area contributed by atoms with E-state index >= 15 is 0 Å². The highest BCUT2D eigenvalue weighted by molar-refractivity contribution is 6.31. The smallest absolute Gasteiger partial charge is 0.325 e. The van der Waals surface area contributed by atoms with E-state index in [1.54, 1.807) is 36.5 Å². The van der Waals surface area contributed by atoms with E-state index in [-0.39, 0.29) is 22.8 Å². The Bertz CT molecular complexity index is 1830. The summed E-state index contributed by atoms with van der Waals surface area (Å²) >= 11 is 12.5.